The average molecular weight is 916 g/mol. The van der Waals surface area contributed by atoms with E-state index < -0.39 is 19.8 Å². The lowest BCUT2D eigenvalue weighted by molar-refractivity contribution is -0.0505. The Hall–Kier alpha value is -5.91. The molecule has 3 aromatic carbocycles. The summed E-state index contributed by atoms with van der Waals surface area (Å²) in [7, 11) is 0. The zero-order valence-corrected chi connectivity index (χ0v) is 38.3. The molecule has 0 bridgehead atoms. The smallest absolute Gasteiger partial charge is 0.387 e. The number of rotatable bonds is 24. The van der Waals surface area contributed by atoms with Crippen LogP contribution in [0.2, 0.25) is 0 Å². The zero-order chi connectivity index (χ0) is 47.4. The van der Waals surface area contributed by atoms with Gasteiger partial charge in [-0.05, 0) is 146 Å². The van der Waals surface area contributed by atoms with Crippen molar-refractivity contribution in [2.45, 2.75) is 137 Å². The van der Waals surface area contributed by atoms with Crippen LogP contribution < -0.4 is 14.2 Å². The first kappa shape index (κ1) is 52.7. The van der Waals surface area contributed by atoms with E-state index in [0.29, 0.717) is 0 Å². The van der Waals surface area contributed by atoms with E-state index in [1.54, 1.807) is 36.4 Å². The normalized spacial score (nSPS) is 10.9. The molecule has 12 heteroatoms. The van der Waals surface area contributed by atoms with Crippen LogP contribution in [0.25, 0.3) is 33.8 Å². The third-order valence-corrected chi connectivity index (χ3v) is 10.6. The zero-order valence-electron chi connectivity index (χ0n) is 38.3. The average Bonchev–Trinajstić information content (AvgIpc) is 3.32. The van der Waals surface area contributed by atoms with Gasteiger partial charge in [0.05, 0.1) is 17.1 Å². The summed E-state index contributed by atoms with van der Waals surface area (Å²) >= 11 is 0. The summed E-state index contributed by atoms with van der Waals surface area (Å²) in [6, 6.07) is 31.7. The molecule has 3 heterocycles. The summed E-state index contributed by atoms with van der Waals surface area (Å²) in [5, 5.41) is 0. The summed E-state index contributed by atoms with van der Waals surface area (Å²) in [6.45, 7) is -1.78. The van der Waals surface area contributed by atoms with E-state index in [0.717, 1.165) is 53.0 Å². The standard InChI is InChI=1S/C19H23F2NO.C18H21F2NO.C17H19F2NO/c1-2-3-4-5-6-7-15-8-13-18(22-14-15)16-9-11-17(12-10-16)23-19(20)21;1-2-3-4-5-6-14-7-12-17(21-13-14)15-8-10-16(11-9-15)22-18(19)20;1-2-3-4-5-13-6-11-16(20-12-13)14-7-9-15(10-8-14)21-17(18)19/h8-14,19H,2-7H2,1H3;7-13,18H,2-6H2,1H3;6-12,17H,2-5H2,1H3. The second kappa shape index (κ2) is 30.3. The van der Waals surface area contributed by atoms with Gasteiger partial charge in [0, 0.05) is 35.3 Å². The minimum absolute atomic E-state index is 0.157. The van der Waals surface area contributed by atoms with Gasteiger partial charge in [0.2, 0.25) is 0 Å². The number of nitrogens with zero attached hydrogens (tertiary/aromatic N) is 3. The maximum atomic E-state index is 12.1. The van der Waals surface area contributed by atoms with Gasteiger partial charge in [0.15, 0.2) is 0 Å². The van der Waals surface area contributed by atoms with E-state index in [2.05, 4.69) is 68.1 Å². The lowest BCUT2D eigenvalue weighted by atomic mass is 10.1. The molecule has 3 aromatic heterocycles. The van der Waals surface area contributed by atoms with Crippen LogP contribution in [0.4, 0.5) is 26.3 Å². The highest BCUT2D eigenvalue weighted by Crippen LogP contribution is 2.25. The molecule has 0 N–H and O–H groups in total. The van der Waals surface area contributed by atoms with Crippen molar-refractivity contribution in [1.29, 1.82) is 0 Å². The Kier molecular flexibility index (Phi) is 24.2. The predicted octanol–water partition coefficient (Wildman–Crippen LogP) is 16.4. The molecular weight excluding hydrogens is 853 g/mol. The number of aromatic nitrogens is 3. The predicted molar refractivity (Wildman–Crippen MR) is 252 cm³/mol. The fraction of sp³-hybridized carbons (Fsp3) is 0.389. The number of unbranched alkanes of at least 4 members (excludes halogenated alkanes) is 9. The molecule has 0 atom stereocenters. The molecule has 0 radical (unpaired) electrons. The van der Waals surface area contributed by atoms with Gasteiger partial charge in [-0.25, -0.2) is 0 Å². The lowest BCUT2D eigenvalue weighted by Crippen LogP contribution is -2.01. The number of benzene rings is 3. The van der Waals surface area contributed by atoms with Crippen LogP contribution in [0.3, 0.4) is 0 Å². The van der Waals surface area contributed by atoms with Gasteiger partial charge in [0.25, 0.3) is 0 Å². The molecule has 0 amide bonds. The lowest BCUT2D eigenvalue weighted by Gasteiger charge is -2.06. The van der Waals surface area contributed by atoms with Crippen LogP contribution in [0.15, 0.2) is 128 Å². The van der Waals surface area contributed by atoms with Crippen molar-refractivity contribution in [1.82, 2.24) is 15.0 Å². The number of hydrogen-bond donors (Lipinski definition) is 0. The summed E-state index contributed by atoms with van der Waals surface area (Å²) < 4.78 is 85.6. The molecule has 0 saturated heterocycles. The maximum Gasteiger partial charge on any atom is 0.387 e. The van der Waals surface area contributed by atoms with E-state index in [4.69, 9.17) is 0 Å². The molecule has 0 unspecified atom stereocenters. The Morgan fingerprint density at radius 3 is 0.848 bits per heavy atom. The molecular formula is C54H63F6N3O3. The quantitative estimate of drug-likeness (QED) is 0.0445. The molecule has 0 aliphatic heterocycles. The molecule has 6 nitrogen and oxygen atoms in total. The van der Waals surface area contributed by atoms with E-state index in [9.17, 15) is 26.3 Å². The number of aryl methyl sites for hydroxylation is 3. The second-order valence-corrected chi connectivity index (χ2v) is 15.8. The summed E-state index contributed by atoms with van der Waals surface area (Å²) in [5.41, 5.74) is 8.87. The number of hydrogen-bond acceptors (Lipinski definition) is 6. The third-order valence-electron chi connectivity index (χ3n) is 10.6. The van der Waals surface area contributed by atoms with Gasteiger partial charge < -0.3 is 14.2 Å². The Morgan fingerprint density at radius 2 is 0.591 bits per heavy atom. The fourth-order valence-electron chi connectivity index (χ4n) is 6.92. The van der Waals surface area contributed by atoms with E-state index in [1.165, 1.54) is 130 Å². The Balaban J connectivity index is 0.000000217. The molecule has 0 saturated carbocycles. The van der Waals surface area contributed by atoms with Gasteiger partial charge >= 0.3 is 19.8 Å². The van der Waals surface area contributed by atoms with Gasteiger partial charge in [-0.2, -0.15) is 26.3 Å². The van der Waals surface area contributed by atoms with Crippen molar-refractivity contribution in [3.8, 4) is 51.0 Å². The highest BCUT2D eigenvalue weighted by molar-refractivity contribution is 5.62. The van der Waals surface area contributed by atoms with Crippen LogP contribution in [0.1, 0.15) is 115 Å². The van der Waals surface area contributed by atoms with Crippen molar-refractivity contribution < 1.29 is 40.6 Å². The topological polar surface area (TPSA) is 66.4 Å². The van der Waals surface area contributed by atoms with Crippen molar-refractivity contribution in [2.24, 2.45) is 0 Å². The van der Waals surface area contributed by atoms with Crippen LogP contribution in [0.5, 0.6) is 17.2 Å². The van der Waals surface area contributed by atoms with E-state index in [-0.39, 0.29) is 17.2 Å². The van der Waals surface area contributed by atoms with E-state index >= 15 is 0 Å². The van der Waals surface area contributed by atoms with Gasteiger partial charge in [-0.3, -0.25) is 15.0 Å². The molecule has 0 aliphatic rings. The Morgan fingerprint density at radius 1 is 0.333 bits per heavy atom. The van der Waals surface area contributed by atoms with Crippen LogP contribution in [-0.4, -0.2) is 34.8 Å². The highest BCUT2D eigenvalue weighted by Gasteiger charge is 2.08. The van der Waals surface area contributed by atoms with Crippen molar-refractivity contribution >= 4 is 0 Å². The molecule has 6 aromatic rings. The SMILES string of the molecule is CCCCCCCc1ccc(-c2ccc(OC(F)F)cc2)nc1.CCCCCCc1ccc(-c2ccc(OC(F)F)cc2)nc1.CCCCCc1ccc(-c2ccc(OC(F)F)cc2)nc1. The molecule has 6 rings (SSSR count). The first-order valence-electron chi connectivity index (χ1n) is 23.1. The molecule has 66 heavy (non-hydrogen) atoms. The first-order valence-corrected chi connectivity index (χ1v) is 23.1. The number of ether oxygens (including phenoxy) is 3. The van der Waals surface area contributed by atoms with Gasteiger partial charge in [-0.1, -0.05) is 96.8 Å². The van der Waals surface area contributed by atoms with Gasteiger partial charge in [0.1, 0.15) is 17.2 Å². The minimum atomic E-state index is -2.80. The molecule has 0 spiro atoms. The van der Waals surface area contributed by atoms with Crippen LogP contribution in [-0.2, 0) is 19.3 Å². The Labute approximate surface area is 386 Å². The largest absolute Gasteiger partial charge is 0.435 e. The number of pyridine rings is 3. The van der Waals surface area contributed by atoms with E-state index in [1.807, 2.05) is 36.8 Å². The fourth-order valence-corrected chi connectivity index (χ4v) is 6.92. The van der Waals surface area contributed by atoms with Crippen molar-refractivity contribution in [2.75, 3.05) is 0 Å². The molecule has 0 fully saturated rings. The number of alkyl halides is 6. The third kappa shape index (κ3) is 20.5. The summed E-state index contributed by atoms with van der Waals surface area (Å²) in [6.07, 6.45) is 23.7. The van der Waals surface area contributed by atoms with Crippen LogP contribution in [0, 0.1) is 0 Å². The molecule has 354 valence electrons. The second-order valence-electron chi connectivity index (χ2n) is 15.8. The van der Waals surface area contributed by atoms with Crippen molar-refractivity contribution in [3.63, 3.8) is 0 Å². The van der Waals surface area contributed by atoms with Crippen molar-refractivity contribution in [3.05, 3.63) is 144 Å². The molecule has 0 aliphatic carbocycles. The van der Waals surface area contributed by atoms with Crippen LogP contribution >= 0.6 is 0 Å². The minimum Gasteiger partial charge on any atom is -0.435 e. The monoisotopic (exact) mass is 915 g/mol. The summed E-state index contributed by atoms with van der Waals surface area (Å²) in [5.74, 6) is 0.476. The maximum absolute atomic E-state index is 12.1. The number of halogens is 6. The Bertz CT molecular complexity index is 2160. The van der Waals surface area contributed by atoms with Gasteiger partial charge in [-0.15, -0.1) is 0 Å². The highest BCUT2D eigenvalue weighted by atomic mass is 19.3. The summed E-state index contributed by atoms with van der Waals surface area (Å²) in [4.78, 5) is 13.3. The first-order chi connectivity index (χ1) is 32.1.